The fourth-order valence-electron chi connectivity index (χ4n) is 2.54. The highest BCUT2D eigenvalue weighted by Crippen LogP contribution is 2.29. The minimum Gasteiger partial charge on any atom is -0.358 e. The van der Waals surface area contributed by atoms with E-state index in [9.17, 15) is 0 Å². The van der Waals surface area contributed by atoms with E-state index in [1.54, 1.807) is 0 Å². The molecule has 0 unspecified atom stereocenters. The monoisotopic (exact) mass is 312 g/mol. The van der Waals surface area contributed by atoms with E-state index < -0.39 is 0 Å². The molecule has 0 atom stereocenters. The van der Waals surface area contributed by atoms with E-state index in [0.717, 1.165) is 29.3 Å². The first-order valence-corrected chi connectivity index (χ1v) is 7.47. The molecule has 1 aromatic rings. The maximum atomic E-state index is 4.56. The Balaban J connectivity index is 2.07. The van der Waals surface area contributed by atoms with E-state index in [1.807, 2.05) is 13.1 Å². The van der Waals surface area contributed by atoms with E-state index in [4.69, 9.17) is 0 Å². The second-order valence-corrected chi connectivity index (χ2v) is 5.78. The highest BCUT2D eigenvalue weighted by molar-refractivity contribution is 9.10. The molecular formula is C13H21BrN4. The van der Waals surface area contributed by atoms with Gasteiger partial charge in [0.15, 0.2) is 0 Å². The van der Waals surface area contributed by atoms with Crippen molar-refractivity contribution < 1.29 is 0 Å². The minimum absolute atomic E-state index is 0.703. The van der Waals surface area contributed by atoms with E-state index in [0.29, 0.717) is 5.95 Å². The van der Waals surface area contributed by atoms with Crippen LogP contribution in [0.5, 0.6) is 0 Å². The third-order valence-electron chi connectivity index (χ3n) is 3.43. The summed E-state index contributed by atoms with van der Waals surface area (Å²) in [5, 5.41) is 3.15. The first-order valence-electron chi connectivity index (χ1n) is 6.68. The number of anilines is 2. The smallest absolute Gasteiger partial charge is 0.224 e. The average Bonchev–Trinajstić information content (AvgIpc) is 2.84. The average molecular weight is 313 g/mol. The van der Waals surface area contributed by atoms with Crippen LogP contribution in [0, 0.1) is 5.92 Å². The van der Waals surface area contributed by atoms with Gasteiger partial charge < -0.3 is 10.2 Å². The minimum atomic E-state index is 0.703. The third-order valence-corrected chi connectivity index (χ3v) is 3.99. The van der Waals surface area contributed by atoms with Crippen LogP contribution in [0.3, 0.4) is 0 Å². The van der Waals surface area contributed by atoms with Crippen LogP contribution in [0.25, 0.3) is 0 Å². The second kappa shape index (κ2) is 6.36. The second-order valence-electron chi connectivity index (χ2n) is 4.93. The zero-order valence-corrected chi connectivity index (χ0v) is 12.7. The van der Waals surface area contributed by atoms with Crippen LogP contribution in [0.1, 0.15) is 32.6 Å². The Morgan fingerprint density at radius 1 is 1.44 bits per heavy atom. The maximum absolute atomic E-state index is 4.56. The molecule has 1 N–H and O–H groups in total. The lowest BCUT2D eigenvalue weighted by molar-refractivity contribution is 0.544. The van der Waals surface area contributed by atoms with E-state index in [-0.39, 0.29) is 0 Å². The van der Waals surface area contributed by atoms with Gasteiger partial charge in [0, 0.05) is 26.3 Å². The van der Waals surface area contributed by atoms with Crippen LogP contribution in [-0.2, 0) is 0 Å². The first kappa shape index (κ1) is 13.6. The van der Waals surface area contributed by atoms with E-state index in [1.165, 1.54) is 25.7 Å². The molecule has 1 aliphatic carbocycles. The molecule has 1 aliphatic rings. The van der Waals surface area contributed by atoms with Crippen LogP contribution in [0.15, 0.2) is 10.7 Å². The molecule has 0 aliphatic heterocycles. The van der Waals surface area contributed by atoms with Gasteiger partial charge in [-0.3, -0.25) is 0 Å². The Morgan fingerprint density at radius 3 is 2.83 bits per heavy atom. The molecule has 1 fully saturated rings. The molecule has 18 heavy (non-hydrogen) atoms. The topological polar surface area (TPSA) is 41.1 Å². The summed E-state index contributed by atoms with van der Waals surface area (Å²) in [6.45, 7) is 3.97. The SMILES string of the molecule is CCNc1ncc(Br)c(N(C)CC2CCCC2)n1. The molecule has 1 aromatic heterocycles. The number of nitrogens with zero attached hydrogens (tertiary/aromatic N) is 3. The standard InChI is InChI=1S/C13H21BrN4/c1-3-15-13-16-8-11(14)12(17-13)18(2)9-10-6-4-5-7-10/h8,10H,3-7,9H2,1-2H3,(H,15,16,17). The molecule has 5 heteroatoms. The molecular weight excluding hydrogens is 292 g/mol. The van der Waals surface area contributed by atoms with Gasteiger partial charge in [0.2, 0.25) is 5.95 Å². The van der Waals surface area contributed by atoms with Crippen molar-refractivity contribution in [2.75, 3.05) is 30.4 Å². The zero-order chi connectivity index (χ0) is 13.0. The summed E-state index contributed by atoms with van der Waals surface area (Å²) in [5.41, 5.74) is 0. The van der Waals surface area contributed by atoms with Crippen LogP contribution in [0.2, 0.25) is 0 Å². The van der Waals surface area contributed by atoms with Crippen molar-refractivity contribution in [3.05, 3.63) is 10.7 Å². The zero-order valence-electron chi connectivity index (χ0n) is 11.1. The predicted molar refractivity (Wildman–Crippen MR) is 79.1 cm³/mol. The molecule has 1 heterocycles. The lowest BCUT2D eigenvalue weighted by Crippen LogP contribution is -2.25. The van der Waals surface area contributed by atoms with Crippen LogP contribution in [0.4, 0.5) is 11.8 Å². The highest BCUT2D eigenvalue weighted by Gasteiger charge is 2.19. The largest absolute Gasteiger partial charge is 0.358 e. The Hall–Kier alpha value is -0.840. The van der Waals surface area contributed by atoms with Gasteiger partial charge in [-0.1, -0.05) is 12.8 Å². The van der Waals surface area contributed by atoms with Crippen molar-refractivity contribution in [2.24, 2.45) is 5.92 Å². The number of hydrogen-bond acceptors (Lipinski definition) is 4. The van der Waals surface area contributed by atoms with Gasteiger partial charge >= 0.3 is 0 Å². The summed E-state index contributed by atoms with van der Waals surface area (Å²) < 4.78 is 0.963. The van der Waals surface area contributed by atoms with Gasteiger partial charge in [0.1, 0.15) is 5.82 Å². The van der Waals surface area contributed by atoms with Gasteiger partial charge in [-0.25, -0.2) is 4.98 Å². The summed E-state index contributed by atoms with van der Waals surface area (Å²) in [6, 6.07) is 0. The molecule has 1 saturated carbocycles. The third kappa shape index (κ3) is 3.34. The number of halogens is 1. The van der Waals surface area contributed by atoms with Crippen LogP contribution >= 0.6 is 15.9 Å². The van der Waals surface area contributed by atoms with E-state index in [2.05, 4.69) is 43.2 Å². The summed E-state index contributed by atoms with van der Waals surface area (Å²) in [5.74, 6) is 2.50. The van der Waals surface area contributed by atoms with Crippen molar-refractivity contribution in [1.82, 2.24) is 9.97 Å². The fraction of sp³-hybridized carbons (Fsp3) is 0.692. The predicted octanol–water partition coefficient (Wildman–Crippen LogP) is 3.30. The molecule has 2 rings (SSSR count). The van der Waals surface area contributed by atoms with Crippen molar-refractivity contribution in [1.29, 1.82) is 0 Å². The lowest BCUT2D eigenvalue weighted by Gasteiger charge is -2.23. The van der Waals surface area contributed by atoms with E-state index >= 15 is 0 Å². The summed E-state index contributed by atoms with van der Waals surface area (Å²) in [4.78, 5) is 11.0. The van der Waals surface area contributed by atoms with Crippen molar-refractivity contribution in [3.63, 3.8) is 0 Å². The number of hydrogen-bond donors (Lipinski definition) is 1. The summed E-state index contributed by atoms with van der Waals surface area (Å²) >= 11 is 3.54. The van der Waals surface area contributed by atoms with Gasteiger partial charge in [-0.15, -0.1) is 0 Å². The Bertz CT molecular complexity index is 391. The van der Waals surface area contributed by atoms with Crippen molar-refractivity contribution in [2.45, 2.75) is 32.6 Å². The summed E-state index contributed by atoms with van der Waals surface area (Å²) in [6.07, 6.45) is 7.30. The Labute approximate surface area is 117 Å². The number of aromatic nitrogens is 2. The molecule has 0 bridgehead atoms. The van der Waals surface area contributed by atoms with Gasteiger partial charge in [-0.2, -0.15) is 4.98 Å². The Kier molecular flexibility index (Phi) is 4.80. The molecule has 100 valence electrons. The van der Waals surface area contributed by atoms with Crippen molar-refractivity contribution >= 4 is 27.7 Å². The van der Waals surface area contributed by atoms with Gasteiger partial charge in [0.25, 0.3) is 0 Å². The molecule has 4 nitrogen and oxygen atoms in total. The first-order chi connectivity index (χ1) is 8.70. The quantitative estimate of drug-likeness (QED) is 0.905. The molecule has 0 saturated heterocycles. The van der Waals surface area contributed by atoms with Crippen LogP contribution in [-0.4, -0.2) is 30.1 Å². The maximum Gasteiger partial charge on any atom is 0.224 e. The molecule has 0 radical (unpaired) electrons. The summed E-state index contributed by atoms with van der Waals surface area (Å²) in [7, 11) is 2.11. The van der Waals surface area contributed by atoms with Gasteiger partial charge in [0.05, 0.1) is 4.47 Å². The Morgan fingerprint density at radius 2 is 2.17 bits per heavy atom. The molecule has 0 spiro atoms. The number of nitrogens with one attached hydrogen (secondary N) is 1. The van der Waals surface area contributed by atoms with Crippen molar-refractivity contribution in [3.8, 4) is 0 Å². The fourth-order valence-corrected chi connectivity index (χ4v) is 3.03. The normalized spacial score (nSPS) is 15.9. The molecule has 0 amide bonds. The number of rotatable bonds is 5. The highest BCUT2D eigenvalue weighted by atomic mass is 79.9. The van der Waals surface area contributed by atoms with Gasteiger partial charge in [-0.05, 0) is 41.6 Å². The molecule has 0 aromatic carbocycles. The van der Waals surface area contributed by atoms with Crippen LogP contribution < -0.4 is 10.2 Å². The lowest BCUT2D eigenvalue weighted by atomic mass is 10.1.